The number of nitrogens with zero attached hydrogens (tertiary/aromatic N) is 5. The molecule has 2 aromatic rings. The summed E-state index contributed by atoms with van der Waals surface area (Å²) in [6.45, 7) is 0. The van der Waals surface area contributed by atoms with Gasteiger partial charge in [0.05, 0.1) is 11.6 Å². The van der Waals surface area contributed by atoms with Gasteiger partial charge in [-0.1, -0.05) is 24.3 Å². The molecular formula is C19H7N5O2. The van der Waals surface area contributed by atoms with Gasteiger partial charge in [-0.15, -0.1) is 0 Å². The molecule has 0 saturated carbocycles. The maximum atomic E-state index is 9.10. The lowest BCUT2D eigenvalue weighted by molar-refractivity contribution is 0.464. The Bertz CT molecular complexity index is 1520. The predicted octanol–water partition coefficient (Wildman–Crippen LogP) is 2.54. The van der Waals surface area contributed by atoms with Crippen molar-refractivity contribution in [3.05, 3.63) is 69.6 Å². The summed E-state index contributed by atoms with van der Waals surface area (Å²) >= 11 is 0. The van der Waals surface area contributed by atoms with Gasteiger partial charge in [0, 0.05) is 16.8 Å². The normalized spacial score (nSPS) is 12.2. The molecule has 2 aliphatic rings. The molecule has 7 heteroatoms. The Hall–Kier alpha value is -4.41. The van der Waals surface area contributed by atoms with Gasteiger partial charge in [0.2, 0.25) is 12.4 Å². The summed E-state index contributed by atoms with van der Waals surface area (Å²) in [5.41, 5.74) is 1.49. The number of hydrogen-bond donors (Lipinski definition) is 0. The second kappa shape index (κ2) is 5.90. The molecule has 0 radical (unpaired) electrons. The van der Waals surface area contributed by atoms with Crippen LogP contribution < -0.4 is 10.7 Å². The van der Waals surface area contributed by atoms with Gasteiger partial charge < -0.3 is 8.83 Å². The zero-order valence-electron chi connectivity index (χ0n) is 13.1. The van der Waals surface area contributed by atoms with Crippen LogP contribution in [-0.2, 0) is 0 Å². The van der Waals surface area contributed by atoms with E-state index in [-0.39, 0.29) is 16.2 Å². The monoisotopic (exact) mass is 337 g/mol. The summed E-state index contributed by atoms with van der Waals surface area (Å²) in [6.07, 6.45) is 3.54. The number of benzene rings is 2. The zero-order chi connectivity index (χ0) is 18.1. The van der Waals surface area contributed by atoms with Crippen molar-refractivity contribution in [2.24, 2.45) is 9.98 Å². The standard InChI is InChI=1S/C19H7N5O2/c20-8-11-5-6-14-15(7-11)26-19-17(24-10-22)13-4-2-1-3-12(13)16(23-9-21)18(19)25-14/h1-7H. The summed E-state index contributed by atoms with van der Waals surface area (Å²) < 4.78 is 11.8. The van der Waals surface area contributed by atoms with Crippen molar-refractivity contribution in [1.82, 2.24) is 0 Å². The minimum Gasteiger partial charge on any atom is -0.447 e. The molecule has 0 N–H and O–H groups in total. The van der Waals surface area contributed by atoms with Crippen molar-refractivity contribution in [2.45, 2.75) is 0 Å². The Morgan fingerprint density at radius 2 is 1.31 bits per heavy atom. The maximum Gasteiger partial charge on any atom is 0.206 e. The third-order valence-corrected chi connectivity index (χ3v) is 3.89. The lowest BCUT2D eigenvalue weighted by Crippen LogP contribution is -2.17. The molecule has 0 aromatic heterocycles. The molecule has 0 spiro atoms. The minimum atomic E-state index is 0.182. The van der Waals surface area contributed by atoms with Gasteiger partial charge in [-0.25, -0.2) is 0 Å². The first kappa shape index (κ1) is 15.1. The molecule has 120 valence electrons. The average molecular weight is 337 g/mol. The van der Waals surface area contributed by atoms with Gasteiger partial charge in [-0.05, 0) is 12.1 Å². The number of fused-ring (bicyclic) bond motifs is 2. The van der Waals surface area contributed by atoms with Crippen LogP contribution in [0.2, 0.25) is 0 Å². The van der Waals surface area contributed by atoms with Crippen molar-refractivity contribution in [1.29, 1.82) is 15.8 Å². The second-order valence-electron chi connectivity index (χ2n) is 5.30. The Morgan fingerprint density at radius 3 is 1.85 bits per heavy atom. The molecule has 1 aliphatic carbocycles. The van der Waals surface area contributed by atoms with Gasteiger partial charge in [0.25, 0.3) is 0 Å². The largest absolute Gasteiger partial charge is 0.447 e. The molecule has 0 saturated heterocycles. The molecule has 0 fully saturated rings. The fourth-order valence-electron chi connectivity index (χ4n) is 2.83. The molecule has 1 aliphatic heterocycles. The van der Waals surface area contributed by atoms with E-state index in [2.05, 4.69) is 9.98 Å². The van der Waals surface area contributed by atoms with E-state index in [9.17, 15) is 0 Å². The lowest BCUT2D eigenvalue weighted by atomic mass is 10.1. The highest BCUT2D eigenvalue weighted by Gasteiger charge is 2.11. The van der Waals surface area contributed by atoms with E-state index in [0.717, 1.165) is 0 Å². The van der Waals surface area contributed by atoms with Crippen LogP contribution in [0.5, 0.6) is 0 Å². The van der Waals surface area contributed by atoms with Crippen LogP contribution in [0, 0.1) is 45.1 Å². The minimum absolute atomic E-state index is 0.182. The maximum absolute atomic E-state index is 9.10. The second-order valence-corrected chi connectivity index (χ2v) is 5.30. The van der Waals surface area contributed by atoms with Crippen molar-refractivity contribution >= 4 is 21.9 Å². The van der Waals surface area contributed by atoms with Crippen LogP contribution in [0.4, 0.5) is 0 Å². The highest BCUT2D eigenvalue weighted by atomic mass is 16.4. The van der Waals surface area contributed by atoms with Crippen molar-refractivity contribution in [3.63, 3.8) is 0 Å². The van der Waals surface area contributed by atoms with E-state index >= 15 is 0 Å². The topological polar surface area (TPSA) is 122 Å². The van der Waals surface area contributed by atoms with Gasteiger partial charge in [0.15, 0.2) is 22.0 Å². The van der Waals surface area contributed by atoms with Gasteiger partial charge in [-0.2, -0.15) is 25.8 Å². The third-order valence-electron chi connectivity index (χ3n) is 3.89. The molecule has 0 atom stereocenters. The first-order valence-electron chi connectivity index (χ1n) is 7.45. The van der Waals surface area contributed by atoms with Crippen LogP contribution in [0.15, 0.2) is 61.3 Å². The Kier molecular flexibility index (Phi) is 3.44. The summed E-state index contributed by atoms with van der Waals surface area (Å²) in [5, 5.41) is 29.1. The Balaban J connectivity index is 2.44. The van der Waals surface area contributed by atoms with Crippen LogP contribution in [0.1, 0.15) is 5.56 Å². The Morgan fingerprint density at radius 1 is 0.731 bits per heavy atom. The molecule has 0 amide bonds. The molecule has 26 heavy (non-hydrogen) atoms. The van der Waals surface area contributed by atoms with E-state index in [1.807, 2.05) is 6.07 Å². The SMILES string of the molecule is N#CN=c1c2oc3ccc(C#N)cc3oc=2c(=NC#N)c2ccccc12. The van der Waals surface area contributed by atoms with Crippen molar-refractivity contribution < 1.29 is 8.83 Å². The van der Waals surface area contributed by atoms with Gasteiger partial charge in [0.1, 0.15) is 10.7 Å². The average Bonchev–Trinajstić information content (AvgIpc) is 2.68. The summed E-state index contributed by atoms with van der Waals surface area (Å²) in [4.78, 5) is 7.76. The summed E-state index contributed by atoms with van der Waals surface area (Å²) in [5.74, 6) is 0. The van der Waals surface area contributed by atoms with Crippen molar-refractivity contribution in [2.75, 3.05) is 0 Å². The first-order chi connectivity index (χ1) is 12.8. The highest BCUT2D eigenvalue weighted by Crippen LogP contribution is 2.17. The molecule has 1 heterocycles. The predicted molar refractivity (Wildman–Crippen MR) is 88.4 cm³/mol. The van der Waals surface area contributed by atoms with E-state index in [1.54, 1.807) is 48.8 Å². The lowest BCUT2D eigenvalue weighted by Gasteiger charge is -2.03. The van der Waals surface area contributed by atoms with E-state index in [4.69, 9.17) is 24.6 Å². The summed E-state index contributed by atoms with van der Waals surface area (Å²) in [7, 11) is 0. The van der Waals surface area contributed by atoms with E-state index < -0.39 is 0 Å². The van der Waals surface area contributed by atoms with E-state index in [1.165, 1.54) is 6.07 Å². The molecule has 2 aromatic carbocycles. The molecular weight excluding hydrogens is 330 g/mol. The van der Waals surface area contributed by atoms with Gasteiger partial charge in [-0.3, -0.25) is 0 Å². The van der Waals surface area contributed by atoms with Crippen LogP contribution in [-0.4, -0.2) is 0 Å². The van der Waals surface area contributed by atoms with Crippen LogP contribution in [0.3, 0.4) is 0 Å². The fraction of sp³-hybridized carbons (Fsp3) is 0. The highest BCUT2D eigenvalue weighted by molar-refractivity contribution is 5.82. The fourth-order valence-corrected chi connectivity index (χ4v) is 2.83. The molecule has 4 rings (SSSR count). The van der Waals surface area contributed by atoms with Gasteiger partial charge >= 0.3 is 0 Å². The zero-order valence-corrected chi connectivity index (χ0v) is 13.1. The van der Waals surface area contributed by atoms with Crippen LogP contribution in [0.25, 0.3) is 21.9 Å². The van der Waals surface area contributed by atoms with Crippen LogP contribution >= 0.6 is 0 Å². The number of hydrogen-bond acceptors (Lipinski definition) is 7. The smallest absolute Gasteiger partial charge is 0.206 e. The van der Waals surface area contributed by atoms with E-state index in [0.29, 0.717) is 32.9 Å². The third kappa shape index (κ3) is 2.19. The van der Waals surface area contributed by atoms with Crippen molar-refractivity contribution in [3.8, 4) is 18.5 Å². The summed E-state index contributed by atoms with van der Waals surface area (Å²) in [6, 6.07) is 13.8. The first-order valence-corrected chi connectivity index (χ1v) is 7.45. The number of nitriles is 3. The molecule has 7 nitrogen and oxygen atoms in total. The quantitative estimate of drug-likeness (QED) is 0.456. The number of rotatable bonds is 0. The molecule has 0 unspecified atom stereocenters. The molecule has 0 bridgehead atoms. The Labute approximate surface area is 145 Å².